The molecule has 16 atom stereocenters. The number of hydrogen-bond acceptors (Lipinski definition) is 18. The van der Waals surface area contributed by atoms with E-state index in [4.69, 9.17) is 42.7 Å². The predicted octanol–water partition coefficient (Wildman–Crippen LogP) is 3.78. The third-order valence-corrected chi connectivity index (χ3v) is 14.4. The predicted molar refractivity (Wildman–Crippen MR) is 262 cm³/mol. The summed E-state index contributed by atoms with van der Waals surface area (Å²) >= 11 is 0. The van der Waals surface area contributed by atoms with Crippen LogP contribution in [0.2, 0.25) is 0 Å². The topological polar surface area (TPSA) is 210 Å². The van der Waals surface area contributed by atoms with Crippen molar-refractivity contribution < 1.29 is 67.6 Å². The molecule has 1 saturated carbocycles. The number of carbonyl (C=O) groups excluding carboxylic acids is 2. The van der Waals surface area contributed by atoms with E-state index < -0.39 is 97.1 Å². The van der Waals surface area contributed by atoms with Crippen LogP contribution in [-0.2, 0) is 58.7 Å². The Morgan fingerprint density at radius 2 is 1.70 bits per heavy atom. The number of fused-ring (bicyclic) bond motifs is 3. The largest absolute Gasteiger partial charge is 0.462 e. The Hall–Kier alpha value is -3.24. The number of aliphatic hydroxyl groups excluding tert-OH is 3. The number of ketones is 1. The molecule has 18 heteroatoms. The smallest absolute Gasteiger partial charge is 0.308 e. The van der Waals surface area contributed by atoms with Crippen LogP contribution in [0.4, 0.5) is 0 Å². The van der Waals surface area contributed by atoms with E-state index >= 15 is 0 Å². The van der Waals surface area contributed by atoms with E-state index in [1.807, 2.05) is 59.0 Å². The summed E-state index contributed by atoms with van der Waals surface area (Å²) in [5.41, 5.74) is 2.30. The molecule has 1 aromatic heterocycles. The third kappa shape index (κ3) is 16.6. The first-order valence-electron chi connectivity index (χ1n) is 25.3. The molecular weight excluding hydrogens is 905 g/mol. The lowest BCUT2D eigenvalue weighted by Gasteiger charge is -2.47. The molecule has 0 radical (unpaired) electrons. The molecule has 3 aliphatic heterocycles. The molecule has 396 valence electrons. The number of hydrogen-bond donors (Lipinski definition) is 3. The number of cyclic esters (lactones) is 1. The molecule has 18 nitrogen and oxygen atoms in total. The fourth-order valence-corrected chi connectivity index (χ4v) is 10.1. The number of aromatic nitrogens is 1. The highest BCUT2D eigenvalue weighted by atomic mass is 16.7. The summed E-state index contributed by atoms with van der Waals surface area (Å²) in [6, 6.07) is 5.19. The van der Waals surface area contributed by atoms with Crippen LogP contribution < -0.4 is 0 Å². The minimum Gasteiger partial charge on any atom is -0.462 e. The van der Waals surface area contributed by atoms with Gasteiger partial charge in [0.15, 0.2) is 12.1 Å². The maximum Gasteiger partial charge on any atom is 0.308 e. The number of likely N-dealkylation sites (N-methyl/N-ethyl adjacent to an activating group) is 2. The highest BCUT2D eigenvalue weighted by Crippen LogP contribution is 2.36. The summed E-state index contributed by atoms with van der Waals surface area (Å²) in [6.07, 6.45) is 1.65. The van der Waals surface area contributed by atoms with Crippen molar-refractivity contribution in [3.8, 4) is 0 Å². The summed E-state index contributed by atoms with van der Waals surface area (Å²) in [5.74, 6) is -2.36. The fraction of sp³-hybridized carbons (Fsp3) is 0.769. The van der Waals surface area contributed by atoms with E-state index in [9.17, 15) is 24.9 Å². The van der Waals surface area contributed by atoms with Crippen LogP contribution in [0.15, 0.2) is 53.4 Å². The van der Waals surface area contributed by atoms with Gasteiger partial charge < -0.3 is 67.9 Å². The SMILES string of the molecule is CC[C@H]1OC(=O)C[C@H]2OC/C(=N/OCCN(C)CCc3ccccn3)COCCC(C[C@@H](C)C(=O)/C=C/C(C)=C/[C@@H]1CO[C@@H]1CC[C@@H](O)[C@@H](OC)[C@H]1OC)[C@H](O[C@@H]1O[C@H](C)[C@@H](O)[C@H](N(C)C)[C@H]1O)[C@H]2C. The van der Waals surface area contributed by atoms with Crippen molar-refractivity contribution in [2.45, 2.75) is 153 Å². The van der Waals surface area contributed by atoms with E-state index in [0.29, 0.717) is 51.0 Å². The number of methoxy groups -OCH3 is 2. The highest BCUT2D eigenvalue weighted by molar-refractivity contribution is 5.91. The second kappa shape index (κ2) is 28.9. The van der Waals surface area contributed by atoms with Crippen molar-refractivity contribution in [2.24, 2.45) is 28.8 Å². The molecule has 2 saturated heterocycles. The standard InChI is InChI=1S/C52H84N4O14/c1-11-42-37(29-65-43-18-17-41(58)50(62-9)51(43)63-10)26-32(2)15-16-40(57)33(3)27-36-20-24-64-30-39(54-67-25-23-56(8)22-19-38-14-12-13-21-53-38)31-66-44(28-45(59)69-42)34(4)49(36)70-52-48(61)46(55(6)7)47(60)35(5)68-52/h12-16,21,26,33-37,41-44,46-52,58,60-61H,11,17-20,22-25,27-31H2,1-10H3/b16-15+,32-26+,54-39+/t33-,34+,35-,36?,37-,41-,42-,43-,44-,46+,47-,48-,49-,50-,51+,52+/m1/s1. The average molecular weight is 989 g/mol. The van der Waals surface area contributed by atoms with Gasteiger partial charge >= 0.3 is 5.97 Å². The average Bonchev–Trinajstić information content (AvgIpc) is 3.36. The number of oxime groups is 1. The fourth-order valence-electron chi connectivity index (χ4n) is 10.1. The molecule has 3 N–H and O–H groups in total. The van der Waals surface area contributed by atoms with E-state index in [0.717, 1.165) is 24.2 Å². The quantitative estimate of drug-likeness (QED) is 0.122. The van der Waals surface area contributed by atoms with Gasteiger partial charge in [-0.25, -0.2) is 0 Å². The maximum atomic E-state index is 14.5. The molecule has 0 spiro atoms. The Labute approximate surface area is 415 Å². The molecule has 0 amide bonds. The Morgan fingerprint density at radius 3 is 2.40 bits per heavy atom. The van der Waals surface area contributed by atoms with E-state index in [-0.39, 0.29) is 44.5 Å². The zero-order valence-corrected chi connectivity index (χ0v) is 43.3. The minimum absolute atomic E-state index is 0.0296. The van der Waals surface area contributed by atoms with Gasteiger partial charge in [-0.15, -0.1) is 0 Å². The highest BCUT2D eigenvalue weighted by Gasteiger charge is 2.48. The van der Waals surface area contributed by atoms with Crippen molar-refractivity contribution in [2.75, 3.05) is 81.5 Å². The van der Waals surface area contributed by atoms with Gasteiger partial charge in [0.05, 0.1) is 68.9 Å². The first-order valence-corrected chi connectivity index (χ1v) is 25.3. The van der Waals surface area contributed by atoms with Gasteiger partial charge in [-0.1, -0.05) is 49.7 Å². The Kier molecular flexibility index (Phi) is 23.8. The van der Waals surface area contributed by atoms with Gasteiger partial charge in [0.25, 0.3) is 0 Å². The number of pyridine rings is 1. The molecule has 1 unspecified atom stereocenters. The summed E-state index contributed by atoms with van der Waals surface area (Å²) < 4.78 is 50.4. The molecule has 4 heterocycles. The Bertz CT molecular complexity index is 1820. The van der Waals surface area contributed by atoms with Crippen molar-refractivity contribution in [3.05, 3.63) is 53.9 Å². The van der Waals surface area contributed by atoms with Crippen LogP contribution in [0.1, 0.15) is 78.8 Å². The number of nitrogens with zero attached hydrogens (tertiary/aromatic N) is 4. The maximum absolute atomic E-state index is 14.5. The molecule has 1 aromatic rings. The third-order valence-electron chi connectivity index (χ3n) is 14.4. The monoisotopic (exact) mass is 989 g/mol. The summed E-state index contributed by atoms with van der Waals surface area (Å²) in [7, 11) is 8.69. The Balaban J connectivity index is 1.45. The van der Waals surface area contributed by atoms with Gasteiger partial charge in [-0.05, 0) is 91.2 Å². The summed E-state index contributed by atoms with van der Waals surface area (Å²) in [6.45, 7) is 11.7. The van der Waals surface area contributed by atoms with Crippen molar-refractivity contribution in [1.29, 1.82) is 0 Å². The number of ether oxygens (including phenoxy) is 8. The van der Waals surface area contributed by atoms with Crippen LogP contribution in [0.5, 0.6) is 0 Å². The van der Waals surface area contributed by atoms with Gasteiger partial charge in [0.1, 0.15) is 36.7 Å². The molecule has 5 rings (SSSR count). The number of allylic oxidation sites excluding steroid dienone is 3. The molecule has 70 heavy (non-hydrogen) atoms. The van der Waals surface area contributed by atoms with Crippen molar-refractivity contribution in [1.82, 2.24) is 14.8 Å². The zero-order valence-electron chi connectivity index (χ0n) is 43.3. The molecule has 3 fully saturated rings. The van der Waals surface area contributed by atoms with Gasteiger partial charge in [-0.2, -0.15) is 0 Å². The van der Waals surface area contributed by atoms with E-state index in [2.05, 4.69) is 15.0 Å². The Morgan fingerprint density at radius 1 is 0.929 bits per heavy atom. The number of rotatable bonds is 16. The first-order chi connectivity index (χ1) is 33.5. The number of aliphatic hydroxyl groups is 3. The first kappa shape index (κ1) is 57.7. The number of esters is 1. The van der Waals surface area contributed by atoms with Gasteiger partial charge in [0.2, 0.25) is 0 Å². The van der Waals surface area contributed by atoms with E-state index in [1.165, 1.54) is 0 Å². The van der Waals surface area contributed by atoms with Crippen LogP contribution in [-0.4, -0.2) is 202 Å². The van der Waals surface area contributed by atoms with E-state index in [1.54, 1.807) is 58.5 Å². The summed E-state index contributed by atoms with van der Waals surface area (Å²) in [4.78, 5) is 42.7. The van der Waals surface area contributed by atoms with Gasteiger partial charge in [0, 0.05) is 70.0 Å². The minimum atomic E-state index is -1.24. The molecule has 4 aliphatic rings. The molecule has 2 bridgehead atoms. The lowest BCUT2D eigenvalue weighted by atomic mass is 9.79. The van der Waals surface area contributed by atoms with Crippen molar-refractivity contribution >= 4 is 17.5 Å². The second-order valence-corrected chi connectivity index (χ2v) is 19.9. The molecule has 1 aliphatic carbocycles. The lowest BCUT2D eigenvalue weighted by molar-refractivity contribution is -0.305. The second-order valence-electron chi connectivity index (χ2n) is 19.9. The van der Waals surface area contributed by atoms with Crippen LogP contribution in [0.3, 0.4) is 0 Å². The van der Waals surface area contributed by atoms with Crippen molar-refractivity contribution in [3.63, 3.8) is 0 Å². The zero-order chi connectivity index (χ0) is 50.9. The van der Waals surface area contributed by atoms with Crippen LogP contribution >= 0.6 is 0 Å². The summed E-state index contributed by atoms with van der Waals surface area (Å²) in [5, 5.41) is 38.0. The van der Waals surface area contributed by atoms with Crippen LogP contribution in [0, 0.1) is 23.7 Å². The van der Waals surface area contributed by atoms with Gasteiger partial charge in [-0.3, -0.25) is 14.6 Å². The lowest BCUT2D eigenvalue weighted by Crippen LogP contribution is -2.63. The normalized spacial score (nSPS) is 37.4. The number of carbonyl (C=O) groups is 2. The molecule has 0 aromatic carbocycles. The van der Waals surface area contributed by atoms with Crippen LogP contribution in [0.25, 0.3) is 0 Å². The molecular formula is C52H84N4O14.